The van der Waals surface area contributed by atoms with Crippen LogP contribution in [0, 0.1) is 0 Å². The van der Waals surface area contributed by atoms with E-state index in [0.717, 1.165) is 5.56 Å². The molecule has 1 N–H and O–H groups in total. The smallest absolute Gasteiger partial charge is 0.180 e. The highest BCUT2D eigenvalue weighted by molar-refractivity contribution is 7.91. The number of hydrogen-bond donors (Lipinski definition) is 1. The first-order valence-corrected chi connectivity index (χ1v) is 14.2. The molecule has 8 heteroatoms. The molecule has 2 atom stereocenters. The van der Waals surface area contributed by atoms with Crippen LogP contribution >= 0.6 is 11.6 Å². The first-order chi connectivity index (χ1) is 16.4. The van der Waals surface area contributed by atoms with Gasteiger partial charge < -0.3 is 4.74 Å². The fraction of sp³-hybridized carbons (Fsp3) is 0.259. The van der Waals surface area contributed by atoms with Gasteiger partial charge in [0.05, 0.1) is 39.0 Å². The summed E-state index contributed by atoms with van der Waals surface area (Å²) in [6, 6.07) is 22.6. The molecule has 0 aliphatic rings. The molecule has 0 aliphatic carbocycles. The summed E-state index contributed by atoms with van der Waals surface area (Å²) >= 11 is 6.14. The Morgan fingerprint density at radius 3 is 2.09 bits per heavy atom. The SMILES string of the molecule is COc1ccc(/C=C/[C@](CS(=O)(=O)c2ccccc2)(N[S@@](=O)C(C)(C)C)c2ccc(Cl)cc2)cc1. The average Bonchev–Trinajstić information content (AvgIpc) is 2.83. The first kappa shape index (κ1) is 27.1. The van der Waals surface area contributed by atoms with Crippen LogP contribution in [0.1, 0.15) is 31.9 Å². The van der Waals surface area contributed by atoms with E-state index in [1.807, 2.05) is 51.1 Å². The summed E-state index contributed by atoms with van der Waals surface area (Å²) in [6.45, 7) is 5.50. The molecule has 0 radical (unpaired) electrons. The Balaban J connectivity index is 2.19. The number of benzene rings is 3. The topological polar surface area (TPSA) is 72.5 Å². The Labute approximate surface area is 215 Å². The van der Waals surface area contributed by atoms with Gasteiger partial charge in [0.2, 0.25) is 0 Å². The maximum absolute atomic E-state index is 13.6. The largest absolute Gasteiger partial charge is 0.497 e. The van der Waals surface area contributed by atoms with Crippen molar-refractivity contribution < 1.29 is 17.4 Å². The van der Waals surface area contributed by atoms with Crippen LogP contribution in [0.25, 0.3) is 6.08 Å². The standard InChI is InChI=1S/C27H30ClNO4S2/c1-26(2,3)34(30)29-27(22-12-14-23(28)15-13-22,19-18-21-10-16-24(33-4)17-11-21)20-35(31,32)25-8-6-5-7-9-25/h5-19,29H,20H2,1-4H3/b19-18+/t27-,34+/m1/s1. The first-order valence-electron chi connectivity index (χ1n) is 11.0. The minimum Gasteiger partial charge on any atom is -0.497 e. The average molecular weight is 532 g/mol. The van der Waals surface area contributed by atoms with Gasteiger partial charge in [0.1, 0.15) is 5.75 Å². The van der Waals surface area contributed by atoms with Crippen LogP contribution < -0.4 is 9.46 Å². The Hall–Kier alpha value is -2.45. The van der Waals surface area contributed by atoms with Crippen molar-refractivity contribution in [3.8, 4) is 5.75 Å². The summed E-state index contributed by atoms with van der Waals surface area (Å²) in [6.07, 6.45) is 3.59. The molecule has 186 valence electrons. The van der Waals surface area contributed by atoms with Crippen molar-refractivity contribution in [3.63, 3.8) is 0 Å². The molecule has 0 aliphatic heterocycles. The summed E-state index contributed by atoms with van der Waals surface area (Å²) in [4.78, 5) is 0.194. The minimum atomic E-state index is -3.78. The van der Waals surface area contributed by atoms with E-state index in [4.69, 9.17) is 16.3 Å². The Morgan fingerprint density at radius 2 is 1.54 bits per heavy atom. The van der Waals surface area contributed by atoms with E-state index < -0.39 is 31.1 Å². The number of ether oxygens (including phenoxy) is 1. The Kier molecular flexibility index (Phi) is 8.59. The van der Waals surface area contributed by atoms with Crippen molar-refractivity contribution in [3.05, 3.63) is 101 Å². The number of sulfone groups is 1. The third-order valence-corrected chi connectivity index (χ3v) is 9.13. The molecule has 0 saturated carbocycles. The summed E-state index contributed by atoms with van der Waals surface area (Å²) in [5.41, 5.74) is 0.158. The highest BCUT2D eigenvalue weighted by Crippen LogP contribution is 2.32. The molecule has 0 bridgehead atoms. The molecule has 0 spiro atoms. The second-order valence-corrected chi connectivity index (χ2v) is 13.5. The lowest BCUT2D eigenvalue weighted by molar-refractivity contribution is 0.415. The maximum atomic E-state index is 13.6. The highest BCUT2D eigenvalue weighted by atomic mass is 35.5. The van der Waals surface area contributed by atoms with E-state index in [9.17, 15) is 12.6 Å². The van der Waals surface area contributed by atoms with E-state index in [2.05, 4.69) is 4.72 Å². The second kappa shape index (κ2) is 11.1. The molecule has 0 fully saturated rings. The minimum absolute atomic E-state index is 0.194. The van der Waals surface area contributed by atoms with Gasteiger partial charge >= 0.3 is 0 Å². The molecule has 3 aromatic carbocycles. The predicted molar refractivity (Wildman–Crippen MR) is 145 cm³/mol. The van der Waals surface area contributed by atoms with Crippen LogP contribution in [-0.4, -0.2) is 30.2 Å². The van der Waals surface area contributed by atoms with E-state index in [1.54, 1.807) is 67.8 Å². The summed E-state index contributed by atoms with van der Waals surface area (Å²) in [5.74, 6) is 0.366. The molecule has 0 saturated heterocycles. The lowest BCUT2D eigenvalue weighted by Crippen LogP contribution is -2.50. The van der Waals surface area contributed by atoms with Gasteiger partial charge in [-0.3, -0.25) is 0 Å². The number of methoxy groups -OCH3 is 1. The zero-order valence-corrected chi connectivity index (χ0v) is 22.6. The summed E-state index contributed by atoms with van der Waals surface area (Å²) in [7, 11) is -3.78. The molecule has 3 rings (SSSR count). The lowest BCUT2D eigenvalue weighted by Gasteiger charge is -2.34. The zero-order valence-electron chi connectivity index (χ0n) is 20.2. The molecular weight excluding hydrogens is 502 g/mol. The van der Waals surface area contributed by atoms with Crippen molar-refractivity contribution in [2.45, 2.75) is 36.0 Å². The summed E-state index contributed by atoms with van der Waals surface area (Å²) < 4.78 is 48.3. The number of hydrogen-bond acceptors (Lipinski definition) is 4. The van der Waals surface area contributed by atoms with Crippen molar-refractivity contribution in [2.24, 2.45) is 0 Å². The molecule has 3 aromatic rings. The van der Waals surface area contributed by atoms with E-state index in [-0.39, 0.29) is 10.6 Å². The van der Waals surface area contributed by atoms with Gasteiger partial charge in [-0.05, 0) is 68.3 Å². The van der Waals surface area contributed by atoms with Crippen LogP contribution in [0.15, 0.2) is 89.8 Å². The zero-order chi connectivity index (χ0) is 25.7. The third-order valence-electron chi connectivity index (χ3n) is 5.39. The molecule has 0 amide bonds. The number of halogens is 1. The van der Waals surface area contributed by atoms with Gasteiger partial charge in [0, 0.05) is 5.02 Å². The fourth-order valence-corrected chi connectivity index (χ4v) is 6.17. The van der Waals surface area contributed by atoms with E-state index in [0.29, 0.717) is 16.3 Å². The van der Waals surface area contributed by atoms with Crippen LogP contribution in [0.3, 0.4) is 0 Å². The van der Waals surface area contributed by atoms with Crippen LogP contribution in [0.4, 0.5) is 0 Å². The summed E-state index contributed by atoms with van der Waals surface area (Å²) in [5, 5.41) is 0.518. The molecule has 35 heavy (non-hydrogen) atoms. The van der Waals surface area contributed by atoms with E-state index >= 15 is 0 Å². The normalized spacial score (nSPS) is 15.0. The van der Waals surface area contributed by atoms with Gasteiger partial charge in [0.15, 0.2) is 9.84 Å². The molecule has 0 unspecified atom stereocenters. The van der Waals surface area contributed by atoms with Crippen molar-refractivity contribution in [1.29, 1.82) is 0 Å². The number of nitrogens with one attached hydrogen (secondary N) is 1. The fourth-order valence-electron chi connectivity index (χ4n) is 3.38. The quantitative estimate of drug-likeness (QED) is 0.379. The van der Waals surface area contributed by atoms with Crippen LogP contribution in [0.5, 0.6) is 5.75 Å². The van der Waals surface area contributed by atoms with Gasteiger partial charge in [-0.15, -0.1) is 0 Å². The second-order valence-electron chi connectivity index (χ2n) is 9.14. The van der Waals surface area contributed by atoms with E-state index in [1.165, 1.54) is 0 Å². The van der Waals surface area contributed by atoms with Gasteiger partial charge in [-0.1, -0.05) is 66.2 Å². The predicted octanol–water partition coefficient (Wildman–Crippen LogP) is 5.78. The molecule has 0 heterocycles. The molecule has 5 nitrogen and oxygen atoms in total. The van der Waals surface area contributed by atoms with Crippen LogP contribution in [-0.2, 0) is 26.4 Å². The Bertz CT molecular complexity index is 1280. The van der Waals surface area contributed by atoms with Gasteiger partial charge in [-0.2, -0.15) is 0 Å². The highest BCUT2D eigenvalue weighted by Gasteiger charge is 2.39. The third kappa shape index (κ3) is 7.04. The van der Waals surface area contributed by atoms with Crippen molar-refractivity contribution >= 4 is 38.5 Å². The van der Waals surface area contributed by atoms with Crippen molar-refractivity contribution in [1.82, 2.24) is 4.72 Å². The molecular formula is C27H30ClNO4S2. The van der Waals surface area contributed by atoms with Crippen LogP contribution in [0.2, 0.25) is 5.02 Å². The maximum Gasteiger partial charge on any atom is 0.180 e. The number of rotatable bonds is 9. The molecule has 0 aromatic heterocycles. The van der Waals surface area contributed by atoms with Gasteiger partial charge in [0.25, 0.3) is 0 Å². The van der Waals surface area contributed by atoms with Gasteiger partial charge in [-0.25, -0.2) is 17.3 Å². The lowest BCUT2D eigenvalue weighted by atomic mass is 9.92. The monoisotopic (exact) mass is 531 g/mol. The Morgan fingerprint density at radius 1 is 0.943 bits per heavy atom. The van der Waals surface area contributed by atoms with Crippen molar-refractivity contribution in [2.75, 3.05) is 12.9 Å².